The van der Waals surface area contributed by atoms with Gasteiger partial charge in [0.1, 0.15) is 0 Å². The third-order valence-electron chi connectivity index (χ3n) is 7.37. The maximum Gasteiger partial charge on any atom is 0.253 e. The van der Waals surface area contributed by atoms with Crippen molar-refractivity contribution in [2.45, 2.75) is 45.2 Å². The van der Waals surface area contributed by atoms with Gasteiger partial charge in [-0.25, -0.2) is 0 Å². The Morgan fingerprint density at radius 3 is 2.35 bits per heavy atom. The Morgan fingerprint density at radius 2 is 1.62 bits per heavy atom. The molecule has 3 aliphatic rings. The smallest absolute Gasteiger partial charge is 0.253 e. The van der Waals surface area contributed by atoms with Gasteiger partial charge in [-0.1, -0.05) is 23.8 Å². The van der Waals surface area contributed by atoms with Gasteiger partial charge < -0.3 is 24.6 Å². The molecule has 0 aliphatic carbocycles. The molecule has 3 heterocycles. The highest BCUT2D eigenvalue weighted by Crippen LogP contribution is 2.32. The molecule has 5 rings (SSSR count). The number of carbonyl (C=O) groups is 2. The molecule has 0 spiro atoms. The molecule has 7 nitrogen and oxygen atoms in total. The Kier molecular flexibility index (Phi) is 6.72. The molecule has 2 fully saturated rings. The number of piperidine rings is 2. The molecule has 0 saturated carbocycles. The average Bonchev–Trinajstić information content (AvgIpc) is 3.35. The van der Waals surface area contributed by atoms with Gasteiger partial charge in [-0.05, 0) is 75.5 Å². The Balaban J connectivity index is 1.05. The van der Waals surface area contributed by atoms with E-state index in [4.69, 9.17) is 9.47 Å². The summed E-state index contributed by atoms with van der Waals surface area (Å²) < 4.78 is 10.8. The monoisotopic (exact) mass is 463 g/mol. The number of fused-ring (bicyclic) bond motifs is 1. The predicted molar refractivity (Wildman–Crippen MR) is 129 cm³/mol. The summed E-state index contributed by atoms with van der Waals surface area (Å²) in [5.41, 5.74) is 2.96. The molecule has 2 saturated heterocycles. The molecule has 34 heavy (non-hydrogen) atoms. The summed E-state index contributed by atoms with van der Waals surface area (Å²) in [6.45, 7) is 6.28. The third kappa shape index (κ3) is 5.04. The van der Waals surface area contributed by atoms with Crippen LogP contribution in [0, 0.1) is 12.8 Å². The molecule has 0 atom stereocenters. The minimum Gasteiger partial charge on any atom is -0.454 e. The lowest BCUT2D eigenvalue weighted by atomic mass is 9.92. The molecule has 180 valence electrons. The first-order chi connectivity index (χ1) is 16.6. The van der Waals surface area contributed by atoms with Crippen LogP contribution < -0.4 is 14.8 Å². The number of carbonyl (C=O) groups excluding carboxylic acids is 2. The molecule has 2 aromatic rings. The molecular formula is C27H33N3O4. The Labute approximate surface area is 201 Å². The van der Waals surface area contributed by atoms with Crippen molar-refractivity contribution in [1.29, 1.82) is 0 Å². The van der Waals surface area contributed by atoms with Gasteiger partial charge in [0.15, 0.2) is 11.5 Å². The number of nitrogens with one attached hydrogen (secondary N) is 1. The van der Waals surface area contributed by atoms with Crippen molar-refractivity contribution in [3.05, 3.63) is 59.2 Å². The van der Waals surface area contributed by atoms with E-state index in [0.29, 0.717) is 12.6 Å². The maximum absolute atomic E-state index is 12.8. The summed E-state index contributed by atoms with van der Waals surface area (Å²) in [6.07, 6.45) is 3.77. The second-order valence-electron chi connectivity index (χ2n) is 9.61. The van der Waals surface area contributed by atoms with Crippen molar-refractivity contribution in [3.63, 3.8) is 0 Å². The lowest BCUT2D eigenvalue weighted by molar-refractivity contribution is -0.126. The summed E-state index contributed by atoms with van der Waals surface area (Å²) in [5.74, 6) is 1.83. The van der Waals surface area contributed by atoms with Crippen molar-refractivity contribution in [2.75, 3.05) is 33.0 Å². The van der Waals surface area contributed by atoms with Gasteiger partial charge in [0.05, 0.1) is 0 Å². The van der Waals surface area contributed by atoms with Crippen molar-refractivity contribution in [2.24, 2.45) is 5.92 Å². The Bertz CT molecular complexity index is 1020. The van der Waals surface area contributed by atoms with Crippen LogP contribution >= 0.6 is 0 Å². The first-order valence-electron chi connectivity index (χ1n) is 12.3. The van der Waals surface area contributed by atoms with Crippen LogP contribution in [0.1, 0.15) is 47.2 Å². The second kappa shape index (κ2) is 10.1. The summed E-state index contributed by atoms with van der Waals surface area (Å²) in [4.78, 5) is 30.0. The summed E-state index contributed by atoms with van der Waals surface area (Å²) in [6, 6.07) is 14.1. The van der Waals surface area contributed by atoms with E-state index in [1.807, 2.05) is 54.3 Å². The van der Waals surface area contributed by atoms with Crippen LogP contribution in [0.2, 0.25) is 0 Å². The van der Waals surface area contributed by atoms with Gasteiger partial charge in [0.25, 0.3) is 5.91 Å². The van der Waals surface area contributed by atoms with E-state index < -0.39 is 0 Å². The number of ether oxygens (including phenoxy) is 2. The van der Waals surface area contributed by atoms with E-state index in [1.165, 1.54) is 5.56 Å². The first-order valence-corrected chi connectivity index (χ1v) is 12.3. The SMILES string of the molecule is Cc1ccc(C(=O)N2CCC(N3CCC(C(=O)NCc4ccc5c(c4)OCO5)CC3)CC2)cc1. The molecular weight excluding hydrogens is 430 g/mol. The summed E-state index contributed by atoms with van der Waals surface area (Å²) in [7, 11) is 0. The summed E-state index contributed by atoms with van der Waals surface area (Å²) in [5, 5.41) is 3.09. The number of nitrogens with zero attached hydrogens (tertiary/aromatic N) is 2. The van der Waals surface area contributed by atoms with E-state index in [1.54, 1.807) is 0 Å². The minimum atomic E-state index is 0.0634. The van der Waals surface area contributed by atoms with E-state index >= 15 is 0 Å². The fourth-order valence-electron chi connectivity index (χ4n) is 5.22. The van der Waals surface area contributed by atoms with Gasteiger partial charge in [-0.3, -0.25) is 9.59 Å². The van der Waals surface area contributed by atoms with E-state index in [0.717, 1.165) is 74.5 Å². The van der Waals surface area contributed by atoms with Crippen LogP contribution in [0.3, 0.4) is 0 Å². The van der Waals surface area contributed by atoms with E-state index in [-0.39, 0.29) is 24.5 Å². The number of aryl methyl sites for hydroxylation is 1. The highest BCUT2D eigenvalue weighted by molar-refractivity contribution is 5.94. The molecule has 1 N–H and O–H groups in total. The molecule has 7 heteroatoms. The topological polar surface area (TPSA) is 71.1 Å². The van der Waals surface area contributed by atoms with Crippen molar-refractivity contribution < 1.29 is 19.1 Å². The van der Waals surface area contributed by atoms with Crippen LogP contribution in [0.5, 0.6) is 11.5 Å². The standard InChI is InChI=1S/C27H33N3O4/c1-19-2-5-22(6-3-19)27(32)30-14-10-23(11-15-30)29-12-8-21(9-13-29)26(31)28-17-20-4-7-24-25(16-20)34-18-33-24/h2-7,16,21,23H,8-15,17-18H2,1H3,(H,28,31). The molecule has 3 aliphatic heterocycles. The zero-order valence-corrected chi connectivity index (χ0v) is 19.8. The molecule has 2 aromatic carbocycles. The van der Waals surface area contributed by atoms with Crippen molar-refractivity contribution >= 4 is 11.8 Å². The average molecular weight is 464 g/mol. The van der Waals surface area contributed by atoms with Crippen molar-refractivity contribution in [1.82, 2.24) is 15.1 Å². The van der Waals surface area contributed by atoms with Crippen LogP contribution in [0.25, 0.3) is 0 Å². The Hall–Kier alpha value is -3.06. The van der Waals surface area contributed by atoms with Gasteiger partial charge in [-0.15, -0.1) is 0 Å². The third-order valence-corrected chi connectivity index (χ3v) is 7.37. The number of likely N-dealkylation sites (tertiary alicyclic amines) is 2. The number of hydrogen-bond acceptors (Lipinski definition) is 5. The largest absolute Gasteiger partial charge is 0.454 e. The Morgan fingerprint density at radius 1 is 0.912 bits per heavy atom. The lowest BCUT2D eigenvalue weighted by Crippen LogP contribution is -2.50. The minimum absolute atomic E-state index is 0.0634. The molecule has 0 radical (unpaired) electrons. The zero-order valence-electron chi connectivity index (χ0n) is 19.8. The van der Waals surface area contributed by atoms with E-state index in [2.05, 4.69) is 10.2 Å². The van der Waals surface area contributed by atoms with Crippen molar-refractivity contribution in [3.8, 4) is 11.5 Å². The highest BCUT2D eigenvalue weighted by atomic mass is 16.7. The summed E-state index contributed by atoms with van der Waals surface area (Å²) >= 11 is 0. The van der Waals surface area contributed by atoms with Gasteiger partial charge in [-0.2, -0.15) is 0 Å². The number of rotatable bonds is 5. The van der Waals surface area contributed by atoms with Crippen LogP contribution in [-0.4, -0.2) is 60.6 Å². The number of hydrogen-bond donors (Lipinski definition) is 1. The number of amides is 2. The highest BCUT2D eigenvalue weighted by Gasteiger charge is 2.31. The first kappa shape index (κ1) is 22.7. The fourth-order valence-corrected chi connectivity index (χ4v) is 5.22. The molecule has 0 aromatic heterocycles. The normalized spacial score (nSPS) is 19.3. The zero-order chi connectivity index (χ0) is 23.5. The quantitative estimate of drug-likeness (QED) is 0.736. The molecule has 2 amide bonds. The van der Waals surface area contributed by atoms with Gasteiger partial charge >= 0.3 is 0 Å². The number of benzene rings is 2. The molecule has 0 unspecified atom stereocenters. The molecule has 0 bridgehead atoms. The van der Waals surface area contributed by atoms with Crippen LogP contribution in [-0.2, 0) is 11.3 Å². The predicted octanol–water partition coefficient (Wildman–Crippen LogP) is 3.36. The van der Waals surface area contributed by atoms with Crippen LogP contribution in [0.4, 0.5) is 0 Å². The second-order valence-corrected chi connectivity index (χ2v) is 9.61. The van der Waals surface area contributed by atoms with Crippen LogP contribution in [0.15, 0.2) is 42.5 Å². The lowest BCUT2D eigenvalue weighted by Gasteiger charge is -2.41. The fraction of sp³-hybridized carbons (Fsp3) is 0.481. The van der Waals surface area contributed by atoms with E-state index in [9.17, 15) is 9.59 Å². The maximum atomic E-state index is 12.8. The van der Waals surface area contributed by atoms with Gasteiger partial charge in [0.2, 0.25) is 12.7 Å². The van der Waals surface area contributed by atoms with Gasteiger partial charge in [0, 0.05) is 37.2 Å².